The Labute approximate surface area is 90.0 Å². The summed E-state index contributed by atoms with van der Waals surface area (Å²) in [5, 5.41) is 2.75. The molecule has 0 aliphatic heterocycles. The number of rotatable bonds is 5. The Bertz CT molecular complexity index is 320. The average Bonchev–Trinajstić information content (AvgIpc) is 2.28. The van der Waals surface area contributed by atoms with Gasteiger partial charge in [-0.2, -0.15) is 0 Å². The lowest BCUT2D eigenvalue weighted by atomic mass is 10.2. The number of hydrogen-bond acceptors (Lipinski definition) is 2. The van der Waals surface area contributed by atoms with Crippen LogP contribution in [-0.2, 0) is 4.79 Å². The van der Waals surface area contributed by atoms with E-state index in [1.54, 1.807) is 6.08 Å². The standard InChI is InChI=1S/C12H16N2O/c13-9-4-10-14-12(15)8-7-11-5-2-1-3-6-11/h1-3,5-8H,4,9-10,13H2,(H,14,15)/b8-7+. The molecule has 80 valence electrons. The second kappa shape index (κ2) is 6.79. The molecule has 0 fully saturated rings. The number of carbonyl (C=O) groups excluding carboxylic acids is 1. The minimum absolute atomic E-state index is 0.0766. The van der Waals surface area contributed by atoms with Gasteiger partial charge in [0.05, 0.1) is 0 Å². The van der Waals surface area contributed by atoms with Crippen molar-refractivity contribution in [2.45, 2.75) is 6.42 Å². The largest absolute Gasteiger partial charge is 0.353 e. The van der Waals surface area contributed by atoms with Crippen molar-refractivity contribution in [2.75, 3.05) is 13.1 Å². The zero-order chi connectivity index (χ0) is 10.9. The number of nitrogens with one attached hydrogen (secondary N) is 1. The molecule has 0 aromatic heterocycles. The fourth-order valence-electron chi connectivity index (χ4n) is 1.11. The minimum Gasteiger partial charge on any atom is -0.353 e. The first kappa shape index (κ1) is 11.5. The Morgan fingerprint density at radius 1 is 1.33 bits per heavy atom. The van der Waals surface area contributed by atoms with E-state index >= 15 is 0 Å². The molecule has 0 atom stereocenters. The Morgan fingerprint density at radius 3 is 2.73 bits per heavy atom. The third-order valence-corrected chi connectivity index (χ3v) is 1.91. The summed E-state index contributed by atoms with van der Waals surface area (Å²) in [6, 6.07) is 9.71. The summed E-state index contributed by atoms with van der Waals surface area (Å²) in [4.78, 5) is 11.3. The number of nitrogens with two attached hydrogens (primary N) is 1. The molecule has 3 N–H and O–H groups in total. The van der Waals surface area contributed by atoms with Gasteiger partial charge < -0.3 is 11.1 Å². The zero-order valence-electron chi connectivity index (χ0n) is 8.65. The highest BCUT2D eigenvalue weighted by atomic mass is 16.1. The summed E-state index contributed by atoms with van der Waals surface area (Å²) in [6.45, 7) is 1.23. The molecule has 1 aromatic carbocycles. The van der Waals surface area contributed by atoms with Gasteiger partial charge in [-0.1, -0.05) is 30.3 Å². The van der Waals surface area contributed by atoms with E-state index in [1.807, 2.05) is 30.3 Å². The fourth-order valence-corrected chi connectivity index (χ4v) is 1.11. The topological polar surface area (TPSA) is 55.1 Å². The number of carbonyl (C=O) groups is 1. The lowest BCUT2D eigenvalue weighted by Gasteiger charge is -1.99. The number of amides is 1. The molecule has 1 aromatic rings. The molecule has 1 amide bonds. The van der Waals surface area contributed by atoms with Crippen molar-refractivity contribution in [3.05, 3.63) is 42.0 Å². The summed E-state index contributed by atoms with van der Waals surface area (Å²) >= 11 is 0. The van der Waals surface area contributed by atoms with Gasteiger partial charge in [0.1, 0.15) is 0 Å². The van der Waals surface area contributed by atoms with E-state index in [9.17, 15) is 4.79 Å². The third kappa shape index (κ3) is 4.98. The van der Waals surface area contributed by atoms with E-state index in [4.69, 9.17) is 5.73 Å². The van der Waals surface area contributed by atoms with E-state index in [0.717, 1.165) is 12.0 Å². The minimum atomic E-state index is -0.0766. The lowest BCUT2D eigenvalue weighted by Crippen LogP contribution is -2.23. The second-order valence-corrected chi connectivity index (χ2v) is 3.18. The average molecular weight is 204 g/mol. The van der Waals surface area contributed by atoms with Gasteiger partial charge in [0.25, 0.3) is 0 Å². The lowest BCUT2D eigenvalue weighted by molar-refractivity contribution is -0.116. The maximum absolute atomic E-state index is 11.3. The van der Waals surface area contributed by atoms with E-state index in [1.165, 1.54) is 6.08 Å². The molecule has 0 radical (unpaired) electrons. The molecule has 3 nitrogen and oxygen atoms in total. The maximum atomic E-state index is 11.3. The van der Waals surface area contributed by atoms with Gasteiger partial charge in [-0.25, -0.2) is 0 Å². The van der Waals surface area contributed by atoms with E-state index in [2.05, 4.69) is 5.32 Å². The smallest absolute Gasteiger partial charge is 0.243 e. The Hall–Kier alpha value is -1.61. The molecular weight excluding hydrogens is 188 g/mol. The van der Waals surface area contributed by atoms with Gasteiger partial charge in [-0.05, 0) is 24.6 Å². The quantitative estimate of drug-likeness (QED) is 0.558. The van der Waals surface area contributed by atoms with Crippen LogP contribution in [0.25, 0.3) is 6.08 Å². The molecule has 0 unspecified atom stereocenters. The van der Waals surface area contributed by atoms with E-state index in [0.29, 0.717) is 13.1 Å². The van der Waals surface area contributed by atoms with Crippen molar-refractivity contribution in [3.8, 4) is 0 Å². The zero-order valence-corrected chi connectivity index (χ0v) is 8.65. The molecule has 0 spiro atoms. The highest BCUT2D eigenvalue weighted by Gasteiger charge is 1.92. The van der Waals surface area contributed by atoms with Crippen molar-refractivity contribution in [1.29, 1.82) is 0 Å². The van der Waals surface area contributed by atoms with E-state index in [-0.39, 0.29) is 5.91 Å². The second-order valence-electron chi connectivity index (χ2n) is 3.18. The summed E-state index contributed by atoms with van der Waals surface area (Å²) in [5.41, 5.74) is 6.33. The molecule has 1 rings (SSSR count). The Balaban J connectivity index is 2.34. The van der Waals surface area contributed by atoms with Crippen molar-refractivity contribution in [1.82, 2.24) is 5.32 Å². The van der Waals surface area contributed by atoms with Crippen LogP contribution in [0.3, 0.4) is 0 Å². The van der Waals surface area contributed by atoms with Crippen LogP contribution in [0, 0.1) is 0 Å². The predicted octanol–water partition coefficient (Wildman–Crippen LogP) is 1.16. The third-order valence-electron chi connectivity index (χ3n) is 1.91. The van der Waals surface area contributed by atoms with Crippen molar-refractivity contribution < 1.29 is 4.79 Å². The number of benzene rings is 1. The predicted molar refractivity (Wildman–Crippen MR) is 62.2 cm³/mol. The molecule has 0 bridgehead atoms. The highest BCUT2D eigenvalue weighted by molar-refractivity contribution is 5.91. The van der Waals surface area contributed by atoms with Gasteiger partial charge in [0.2, 0.25) is 5.91 Å². The van der Waals surface area contributed by atoms with Crippen molar-refractivity contribution in [3.63, 3.8) is 0 Å². The summed E-state index contributed by atoms with van der Waals surface area (Å²) in [7, 11) is 0. The summed E-state index contributed by atoms with van der Waals surface area (Å²) in [5.74, 6) is -0.0766. The number of hydrogen-bond donors (Lipinski definition) is 2. The highest BCUT2D eigenvalue weighted by Crippen LogP contribution is 2.00. The monoisotopic (exact) mass is 204 g/mol. The normalized spacial score (nSPS) is 10.5. The van der Waals surface area contributed by atoms with Crippen LogP contribution in [0.15, 0.2) is 36.4 Å². The van der Waals surface area contributed by atoms with Crippen LogP contribution in [0.4, 0.5) is 0 Å². The Morgan fingerprint density at radius 2 is 2.07 bits per heavy atom. The SMILES string of the molecule is NCCCNC(=O)/C=C/c1ccccc1. The summed E-state index contributed by atoms with van der Waals surface area (Å²) < 4.78 is 0. The van der Waals surface area contributed by atoms with Crippen LogP contribution in [0.5, 0.6) is 0 Å². The summed E-state index contributed by atoms with van der Waals surface area (Å²) in [6.07, 6.45) is 4.13. The molecule has 0 saturated heterocycles. The molecule has 0 saturated carbocycles. The van der Waals surface area contributed by atoms with Crippen molar-refractivity contribution in [2.24, 2.45) is 5.73 Å². The molecular formula is C12H16N2O. The van der Waals surface area contributed by atoms with Crippen LogP contribution >= 0.6 is 0 Å². The van der Waals surface area contributed by atoms with Crippen LogP contribution < -0.4 is 11.1 Å². The molecule has 3 heteroatoms. The first-order chi connectivity index (χ1) is 7.33. The first-order valence-electron chi connectivity index (χ1n) is 5.04. The van der Waals surface area contributed by atoms with Crippen LogP contribution in [0.1, 0.15) is 12.0 Å². The molecule has 0 heterocycles. The molecule has 0 aliphatic rings. The van der Waals surface area contributed by atoms with Gasteiger partial charge in [-0.15, -0.1) is 0 Å². The molecule has 15 heavy (non-hydrogen) atoms. The van der Waals surface area contributed by atoms with Gasteiger partial charge in [0.15, 0.2) is 0 Å². The fraction of sp³-hybridized carbons (Fsp3) is 0.250. The van der Waals surface area contributed by atoms with Crippen LogP contribution in [0.2, 0.25) is 0 Å². The van der Waals surface area contributed by atoms with Crippen LogP contribution in [-0.4, -0.2) is 19.0 Å². The van der Waals surface area contributed by atoms with Gasteiger partial charge in [-0.3, -0.25) is 4.79 Å². The van der Waals surface area contributed by atoms with Gasteiger partial charge in [0, 0.05) is 12.6 Å². The van der Waals surface area contributed by atoms with E-state index < -0.39 is 0 Å². The van der Waals surface area contributed by atoms with Gasteiger partial charge >= 0.3 is 0 Å². The molecule has 0 aliphatic carbocycles. The first-order valence-corrected chi connectivity index (χ1v) is 5.04. The maximum Gasteiger partial charge on any atom is 0.243 e. The Kier molecular flexibility index (Phi) is 5.19. The van der Waals surface area contributed by atoms with Crippen molar-refractivity contribution >= 4 is 12.0 Å².